The van der Waals surface area contributed by atoms with Crippen LogP contribution < -0.4 is 5.32 Å². The van der Waals surface area contributed by atoms with Crippen molar-refractivity contribution in [1.82, 2.24) is 14.9 Å². The smallest absolute Gasteiger partial charge is 0.271 e. The molecule has 3 rings (SSSR count). The summed E-state index contributed by atoms with van der Waals surface area (Å²) in [6.07, 6.45) is 9.36. The van der Waals surface area contributed by atoms with Gasteiger partial charge in [-0.25, -0.2) is 4.98 Å². The summed E-state index contributed by atoms with van der Waals surface area (Å²) in [5.41, 5.74) is 1.50. The number of para-hydroxylation sites is 1. The standard InChI is InChI=1S/C16H19N3O/c20-16(18-13-7-3-1-4-8-13)15-11-19(12-17-15)14-9-5-2-6-10-14/h2,5-6,9-13H,1,3-4,7-8H2,(H,18,20). The molecule has 0 atom stereocenters. The number of carbonyl (C=O) groups is 1. The Balaban J connectivity index is 1.68. The topological polar surface area (TPSA) is 46.9 Å². The summed E-state index contributed by atoms with van der Waals surface area (Å²) in [6, 6.07) is 10.2. The van der Waals surface area contributed by atoms with Crippen LogP contribution in [0.25, 0.3) is 5.69 Å². The second-order valence-electron chi connectivity index (χ2n) is 5.31. The first kappa shape index (κ1) is 12.9. The van der Waals surface area contributed by atoms with Gasteiger partial charge in [0.1, 0.15) is 12.0 Å². The molecule has 4 heteroatoms. The van der Waals surface area contributed by atoms with Gasteiger partial charge in [0.15, 0.2) is 0 Å². The number of rotatable bonds is 3. The highest BCUT2D eigenvalue weighted by Gasteiger charge is 2.18. The number of benzene rings is 1. The molecule has 0 aliphatic heterocycles. The minimum absolute atomic E-state index is 0.0634. The Morgan fingerprint density at radius 2 is 1.90 bits per heavy atom. The van der Waals surface area contributed by atoms with E-state index in [1.165, 1.54) is 19.3 Å². The van der Waals surface area contributed by atoms with E-state index in [-0.39, 0.29) is 5.91 Å². The van der Waals surface area contributed by atoms with Crippen molar-refractivity contribution in [2.24, 2.45) is 0 Å². The predicted octanol–water partition coefficient (Wildman–Crippen LogP) is 2.93. The zero-order valence-corrected chi connectivity index (χ0v) is 11.5. The molecule has 4 nitrogen and oxygen atoms in total. The largest absolute Gasteiger partial charge is 0.348 e. The lowest BCUT2D eigenvalue weighted by Gasteiger charge is -2.22. The number of imidazole rings is 1. The van der Waals surface area contributed by atoms with Gasteiger partial charge in [-0.3, -0.25) is 4.79 Å². The zero-order valence-electron chi connectivity index (χ0n) is 11.5. The quantitative estimate of drug-likeness (QED) is 0.931. The molecule has 1 amide bonds. The summed E-state index contributed by atoms with van der Waals surface area (Å²) in [6.45, 7) is 0. The van der Waals surface area contributed by atoms with Crippen molar-refractivity contribution in [3.8, 4) is 5.69 Å². The molecule has 1 N–H and O–H groups in total. The third-order valence-electron chi connectivity index (χ3n) is 3.81. The molecule has 0 saturated heterocycles. The van der Waals surface area contributed by atoms with Gasteiger partial charge in [-0.1, -0.05) is 37.5 Å². The molecular formula is C16H19N3O. The van der Waals surface area contributed by atoms with Gasteiger partial charge in [0.25, 0.3) is 5.91 Å². The minimum Gasteiger partial charge on any atom is -0.348 e. The molecule has 1 aliphatic carbocycles. The molecular weight excluding hydrogens is 250 g/mol. The van der Waals surface area contributed by atoms with Crippen molar-refractivity contribution in [3.05, 3.63) is 48.5 Å². The van der Waals surface area contributed by atoms with Crippen molar-refractivity contribution in [2.45, 2.75) is 38.1 Å². The van der Waals surface area contributed by atoms with Crippen LogP contribution in [0, 0.1) is 0 Å². The minimum atomic E-state index is -0.0634. The van der Waals surface area contributed by atoms with Gasteiger partial charge in [0, 0.05) is 17.9 Å². The molecule has 104 valence electrons. The second-order valence-corrected chi connectivity index (χ2v) is 5.31. The third kappa shape index (κ3) is 2.90. The maximum atomic E-state index is 12.2. The fraction of sp³-hybridized carbons (Fsp3) is 0.375. The number of amides is 1. The van der Waals surface area contributed by atoms with Crippen LogP contribution in [-0.2, 0) is 0 Å². The first-order chi connectivity index (χ1) is 9.83. The Morgan fingerprint density at radius 3 is 2.65 bits per heavy atom. The fourth-order valence-electron chi connectivity index (χ4n) is 2.69. The van der Waals surface area contributed by atoms with E-state index < -0.39 is 0 Å². The summed E-state index contributed by atoms with van der Waals surface area (Å²) in [5.74, 6) is -0.0634. The molecule has 0 bridgehead atoms. The van der Waals surface area contributed by atoms with Gasteiger partial charge in [0.05, 0.1) is 0 Å². The van der Waals surface area contributed by atoms with E-state index in [0.717, 1.165) is 18.5 Å². The fourth-order valence-corrected chi connectivity index (χ4v) is 2.69. The molecule has 1 aliphatic rings. The highest BCUT2D eigenvalue weighted by Crippen LogP contribution is 2.17. The highest BCUT2D eigenvalue weighted by molar-refractivity contribution is 5.92. The monoisotopic (exact) mass is 269 g/mol. The van der Waals surface area contributed by atoms with E-state index in [9.17, 15) is 4.79 Å². The van der Waals surface area contributed by atoms with Crippen LogP contribution in [0.4, 0.5) is 0 Å². The first-order valence-corrected chi connectivity index (χ1v) is 7.23. The van der Waals surface area contributed by atoms with Crippen molar-refractivity contribution in [3.63, 3.8) is 0 Å². The lowest BCUT2D eigenvalue weighted by Crippen LogP contribution is -2.36. The molecule has 1 fully saturated rings. The Morgan fingerprint density at radius 1 is 1.15 bits per heavy atom. The maximum absolute atomic E-state index is 12.2. The van der Waals surface area contributed by atoms with Gasteiger partial charge >= 0.3 is 0 Å². The van der Waals surface area contributed by atoms with Crippen LogP contribution in [0.1, 0.15) is 42.6 Å². The molecule has 1 heterocycles. The zero-order chi connectivity index (χ0) is 13.8. The van der Waals surface area contributed by atoms with Crippen LogP contribution >= 0.6 is 0 Å². The van der Waals surface area contributed by atoms with Gasteiger partial charge in [0.2, 0.25) is 0 Å². The summed E-state index contributed by atoms with van der Waals surface area (Å²) in [7, 11) is 0. The van der Waals surface area contributed by atoms with Crippen molar-refractivity contribution in [2.75, 3.05) is 0 Å². The SMILES string of the molecule is O=C(NC1CCCCC1)c1cn(-c2ccccc2)cn1. The van der Waals surface area contributed by atoms with Crippen molar-refractivity contribution in [1.29, 1.82) is 0 Å². The van der Waals surface area contributed by atoms with Gasteiger partial charge in [-0.2, -0.15) is 0 Å². The number of nitrogens with one attached hydrogen (secondary N) is 1. The molecule has 1 aromatic heterocycles. The second kappa shape index (κ2) is 5.90. The molecule has 20 heavy (non-hydrogen) atoms. The van der Waals surface area contributed by atoms with E-state index in [1.807, 2.05) is 34.9 Å². The Hall–Kier alpha value is -2.10. The van der Waals surface area contributed by atoms with Crippen molar-refractivity contribution < 1.29 is 4.79 Å². The average Bonchev–Trinajstić information content (AvgIpc) is 2.99. The molecule has 0 radical (unpaired) electrons. The Bertz CT molecular complexity index is 570. The lowest BCUT2D eigenvalue weighted by atomic mass is 9.95. The molecule has 1 aromatic carbocycles. The van der Waals surface area contributed by atoms with E-state index in [2.05, 4.69) is 10.3 Å². The lowest BCUT2D eigenvalue weighted by molar-refractivity contribution is 0.0923. The maximum Gasteiger partial charge on any atom is 0.271 e. The average molecular weight is 269 g/mol. The molecule has 0 spiro atoms. The molecule has 2 aromatic rings. The summed E-state index contributed by atoms with van der Waals surface area (Å²) < 4.78 is 1.87. The number of hydrogen-bond donors (Lipinski definition) is 1. The van der Waals surface area contributed by atoms with E-state index in [0.29, 0.717) is 11.7 Å². The predicted molar refractivity (Wildman–Crippen MR) is 77.9 cm³/mol. The summed E-state index contributed by atoms with van der Waals surface area (Å²) in [4.78, 5) is 16.4. The normalized spacial score (nSPS) is 16.0. The van der Waals surface area contributed by atoms with Crippen LogP contribution in [0.15, 0.2) is 42.9 Å². The molecule has 0 unspecified atom stereocenters. The summed E-state index contributed by atoms with van der Waals surface area (Å²) >= 11 is 0. The van der Waals surface area contributed by atoms with Crippen LogP contribution in [0.5, 0.6) is 0 Å². The van der Waals surface area contributed by atoms with E-state index in [4.69, 9.17) is 0 Å². The Kier molecular flexibility index (Phi) is 3.81. The first-order valence-electron chi connectivity index (χ1n) is 7.23. The van der Waals surface area contributed by atoms with Crippen LogP contribution in [0.3, 0.4) is 0 Å². The number of nitrogens with zero attached hydrogens (tertiary/aromatic N) is 2. The molecule has 1 saturated carbocycles. The summed E-state index contributed by atoms with van der Waals surface area (Å²) in [5, 5.41) is 3.09. The van der Waals surface area contributed by atoms with E-state index >= 15 is 0 Å². The third-order valence-corrected chi connectivity index (χ3v) is 3.81. The van der Waals surface area contributed by atoms with Crippen LogP contribution in [-0.4, -0.2) is 21.5 Å². The van der Waals surface area contributed by atoms with Gasteiger partial charge in [-0.15, -0.1) is 0 Å². The number of carbonyl (C=O) groups excluding carboxylic acids is 1. The highest BCUT2D eigenvalue weighted by atomic mass is 16.2. The Labute approximate surface area is 118 Å². The van der Waals surface area contributed by atoms with Crippen molar-refractivity contribution >= 4 is 5.91 Å². The van der Waals surface area contributed by atoms with E-state index in [1.54, 1.807) is 12.5 Å². The number of hydrogen-bond acceptors (Lipinski definition) is 2. The van der Waals surface area contributed by atoms with Gasteiger partial charge in [-0.05, 0) is 25.0 Å². The number of aromatic nitrogens is 2. The van der Waals surface area contributed by atoms with Crippen LogP contribution in [0.2, 0.25) is 0 Å². The van der Waals surface area contributed by atoms with Gasteiger partial charge < -0.3 is 9.88 Å².